The first kappa shape index (κ1) is 14.6. The van der Waals surface area contributed by atoms with Gasteiger partial charge in [-0.05, 0) is 49.2 Å². The van der Waals surface area contributed by atoms with Gasteiger partial charge in [-0.2, -0.15) is 0 Å². The van der Waals surface area contributed by atoms with Crippen LogP contribution in [0.3, 0.4) is 0 Å². The third kappa shape index (κ3) is 2.38. The highest BCUT2D eigenvalue weighted by Gasteiger charge is 2.33. The molecule has 1 aromatic heterocycles. The molecule has 0 radical (unpaired) electrons. The predicted molar refractivity (Wildman–Crippen MR) is 88.3 cm³/mol. The quantitative estimate of drug-likeness (QED) is 0.714. The smallest absolute Gasteiger partial charge is 0.314 e. The van der Waals surface area contributed by atoms with Crippen molar-refractivity contribution in [3.05, 3.63) is 72.0 Å². The zero-order valence-corrected chi connectivity index (χ0v) is 13.1. The highest BCUT2D eigenvalue weighted by molar-refractivity contribution is 6.05. The molecule has 1 aliphatic rings. The molecule has 2 aromatic carbocycles. The molecule has 4 rings (SSSR count). The molecular weight excluding hydrogens is 307 g/mol. The van der Waals surface area contributed by atoms with Gasteiger partial charge in [0.1, 0.15) is 5.82 Å². The van der Waals surface area contributed by atoms with E-state index in [1.54, 1.807) is 17.0 Å². The van der Waals surface area contributed by atoms with Crippen molar-refractivity contribution in [1.29, 1.82) is 0 Å². The molecule has 0 spiro atoms. The number of nitrogens with zero attached hydrogens (tertiary/aromatic N) is 2. The lowest BCUT2D eigenvalue weighted by atomic mass is 10.1. The largest absolute Gasteiger partial charge is 0.432 e. The first-order valence-electron chi connectivity index (χ1n) is 7.77. The molecule has 1 aliphatic heterocycles. The zero-order chi connectivity index (χ0) is 16.7. The second-order valence-corrected chi connectivity index (χ2v) is 5.89. The van der Waals surface area contributed by atoms with Gasteiger partial charge in [0.25, 0.3) is 5.89 Å². The topological polar surface area (TPSA) is 46.3 Å². The lowest BCUT2D eigenvalue weighted by Crippen LogP contribution is -2.35. The fourth-order valence-electron chi connectivity index (χ4n) is 3.10. The number of para-hydroxylation sites is 1. The number of aromatic nitrogens is 1. The van der Waals surface area contributed by atoms with Crippen molar-refractivity contribution in [3.63, 3.8) is 0 Å². The summed E-state index contributed by atoms with van der Waals surface area (Å²) in [4.78, 5) is 18.7. The number of anilines is 1. The minimum absolute atomic E-state index is 0.0397. The summed E-state index contributed by atoms with van der Waals surface area (Å²) in [6, 6.07) is 13.8. The number of carbonyl (C=O) groups excluding carboxylic acids is 1. The Bertz CT molecular complexity index is 902. The van der Waals surface area contributed by atoms with E-state index in [1.165, 1.54) is 18.3 Å². The summed E-state index contributed by atoms with van der Waals surface area (Å²) >= 11 is 0. The minimum atomic E-state index is -0.322. The van der Waals surface area contributed by atoms with E-state index in [4.69, 9.17) is 4.42 Å². The van der Waals surface area contributed by atoms with E-state index < -0.39 is 0 Å². The number of fused-ring (bicyclic) bond motifs is 1. The standard InChI is InChI=1S/C19H15FN2O2/c1-12-10-14-4-2-3-5-16(14)22(12)19(23)18-21-11-17(24-18)13-6-8-15(20)9-7-13/h2-9,11-12H,10H2,1H3. The van der Waals surface area contributed by atoms with Crippen LogP contribution < -0.4 is 4.90 Å². The molecule has 3 aromatic rings. The number of hydrogen-bond donors (Lipinski definition) is 0. The van der Waals surface area contributed by atoms with E-state index >= 15 is 0 Å². The fraction of sp³-hybridized carbons (Fsp3) is 0.158. The van der Waals surface area contributed by atoms with E-state index in [0.29, 0.717) is 11.3 Å². The Morgan fingerprint density at radius 1 is 1.21 bits per heavy atom. The van der Waals surface area contributed by atoms with Crippen molar-refractivity contribution in [1.82, 2.24) is 4.98 Å². The van der Waals surface area contributed by atoms with Crippen LogP contribution in [0.2, 0.25) is 0 Å². The van der Waals surface area contributed by atoms with Gasteiger partial charge in [-0.3, -0.25) is 4.79 Å². The van der Waals surface area contributed by atoms with Crippen LogP contribution in [0.15, 0.2) is 59.1 Å². The molecule has 0 saturated heterocycles. The molecule has 1 atom stereocenters. The molecule has 24 heavy (non-hydrogen) atoms. The van der Waals surface area contributed by atoms with Crippen LogP contribution in [0.1, 0.15) is 23.2 Å². The van der Waals surface area contributed by atoms with Gasteiger partial charge in [-0.1, -0.05) is 18.2 Å². The van der Waals surface area contributed by atoms with Gasteiger partial charge in [-0.25, -0.2) is 9.37 Å². The van der Waals surface area contributed by atoms with Crippen molar-refractivity contribution in [2.24, 2.45) is 0 Å². The summed E-state index contributed by atoms with van der Waals surface area (Å²) < 4.78 is 18.6. The molecular formula is C19H15FN2O2. The molecule has 120 valence electrons. The van der Waals surface area contributed by atoms with Gasteiger partial charge < -0.3 is 9.32 Å². The van der Waals surface area contributed by atoms with Crippen molar-refractivity contribution < 1.29 is 13.6 Å². The molecule has 1 amide bonds. The number of benzene rings is 2. The van der Waals surface area contributed by atoms with Crippen LogP contribution in [-0.2, 0) is 6.42 Å². The van der Waals surface area contributed by atoms with E-state index in [2.05, 4.69) is 4.98 Å². The van der Waals surface area contributed by atoms with Gasteiger partial charge in [-0.15, -0.1) is 0 Å². The first-order chi connectivity index (χ1) is 11.6. The van der Waals surface area contributed by atoms with Crippen molar-refractivity contribution >= 4 is 11.6 Å². The van der Waals surface area contributed by atoms with Crippen molar-refractivity contribution in [2.75, 3.05) is 4.90 Å². The average Bonchev–Trinajstić information content (AvgIpc) is 3.19. The predicted octanol–water partition coefficient (Wildman–Crippen LogP) is 4.07. The average molecular weight is 322 g/mol. The van der Waals surface area contributed by atoms with Gasteiger partial charge in [0, 0.05) is 17.3 Å². The molecule has 2 heterocycles. The van der Waals surface area contributed by atoms with E-state index in [-0.39, 0.29) is 23.7 Å². The van der Waals surface area contributed by atoms with Crippen molar-refractivity contribution in [3.8, 4) is 11.3 Å². The van der Waals surface area contributed by atoms with E-state index in [1.807, 2.05) is 31.2 Å². The maximum atomic E-state index is 13.0. The van der Waals surface area contributed by atoms with Crippen LogP contribution in [0.5, 0.6) is 0 Å². The first-order valence-corrected chi connectivity index (χ1v) is 7.77. The number of amides is 1. The lowest BCUT2D eigenvalue weighted by Gasteiger charge is -2.20. The van der Waals surface area contributed by atoms with Gasteiger partial charge >= 0.3 is 5.91 Å². The highest BCUT2D eigenvalue weighted by atomic mass is 19.1. The molecule has 1 unspecified atom stereocenters. The third-order valence-corrected chi connectivity index (χ3v) is 4.24. The Morgan fingerprint density at radius 2 is 1.96 bits per heavy atom. The number of oxazole rings is 1. The maximum Gasteiger partial charge on any atom is 0.314 e. The molecule has 0 aliphatic carbocycles. The monoisotopic (exact) mass is 322 g/mol. The van der Waals surface area contributed by atoms with Gasteiger partial charge in [0.2, 0.25) is 0 Å². The summed E-state index contributed by atoms with van der Waals surface area (Å²) in [6.45, 7) is 2.00. The zero-order valence-electron chi connectivity index (χ0n) is 13.1. The van der Waals surface area contributed by atoms with Gasteiger partial charge in [0.15, 0.2) is 5.76 Å². The SMILES string of the molecule is CC1Cc2ccccc2N1C(=O)c1ncc(-c2ccc(F)cc2)o1. The summed E-state index contributed by atoms with van der Waals surface area (Å²) in [5.41, 5.74) is 2.72. The molecule has 5 heteroatoms. The van der Waals surface area contributed by atoms with Crippen molar-refractivity contribution in [2.45, 2.75) is 19.4 Å². The Labute approximate surface area is 138 Å². The van der Waals surface area contributed by atoms with Crippen LogP contribution in [-0.4, -0.2) is 16.9 Å². The Hall–Kier alpha value is -2.95. The van der Waals surface area contributed by atoms with E-state index in [9.17, 15) is 9.18 Å². The lowest BCUT2D eigenvalue weighted by molar-refractivity contribution is 0.0948. The summed E-state index contributed by atoms with van der Waals surface area (Å²) in [6.07, 6.45) is 2.31. The molecule has 0 N–H and O–H groups in total. The number of halogens is 1. The van der Waals surface area contributed by atoms with Crippen LogP contribution >= 0.6 is 0 Å². The molecule has 0 fully saturated rings. The second kappa shape index (κ2) is 5.60. The second-order valence-electron chi connectivity index (χ2n) is 5.89. The van der Waals surface area contributed by atoms with Crippen LogP contribution in [0.4, 0.5) is 10.1 Å². The normalized spacial score (nSPS) is 16.2. The Morgan fingerprint density at radius 3 is 2.75 bits per heavy atom. The highest BCUT2D eigenvalue weighted by Crippen LogP contribution is 2.33. The summed E-state index contributed by atoms with van der Waals surface area (Å²) in [5, 5.41) is 0. The fourth-order valence-corrected chi connectivity index (χ4v) is 3.10. The number of rotatable bonds is 2. The Balaban J connectivity index is 1.65. The number of hydrogen-bond acceptors (Lipinski definition) is 3. The molecule has 0 bridgehead atoms. The number of carbonyl (C=O) groups is 1. The van der Waals surface area contributed by atoms with Crippen LogP contribution in [0, 0.1) is 5.82 Å². The summed E-state index contributed by atoms with van der Waals surface area (Å²) in [5.74, 6) is -0.103. The molecule has 4 nitrogen and oxygen atoms in total. The molecule has 0 saturated carbocycles. The van der Waals surface area contributed by atoms with Gasteiger partial charge in [0.05, 0.1) is 6.20 Å². The van der Waals surface area contributed by atoms with E-state index in [0.717, 1.165) is 17.7 Å². The third-order valence-electron chi connectivity index (χ3n) is 4.24. The summed E-state index contributed by atoms with van der Waals surface area (Å²) in [7, 11) is 0. The Kier molecular flexibility index (Phi) is 3.41. The maximum absolute atomic E-state index is 13.0. The van der Waals surface area contributed by atoms with Crippen LogP contribution in [0.25, 0.3) is 11.3 Å². The minimum Gasteiger partial charge on any atom is -0.432 e.